The largest absolute Gasteiger partial charge is 0.322 e. The van der Waals surface area contributed by atoms with Gasteiger partial charge in [0.2, 0.25) is 5.92 Å². The summed E-state index contributed by atoms with van der Waals surface area (Å²) in [5, 5.41) is 16.0. The van der Waals surface area contributed by atoms with Crippen molar-refractivity contribution in [2.75, 3.05) is 16.8 Å². The Labute approximate surface area is 194 Å². The van der Waals surface area contributed by atoms with Crippen molar-refractivity contribution in [1.82, 2.24) is 9.78 Å². The maximum Gasteiger partial charge on any atom is 0.277 e. The molecular formula is C25H21F2N5O2. The Kier molecular flexibility index (Phi) is 5.36. The molecule has 2 amide bonds. The summed E-state index contributed by atoms with van der Waals surface area (Å²) in [5.41, 5.74) is 2.84. The fourth-order valence-electron chi connectivity index (χ4n) is 4.56. The molecule has 0 saturated heterocycles. The van der Waals surface area contributed by atoms with Crippen LogP contribution in [0.2, 0.25) is 0 Å². The van der Waals surface area contributed by atoms with E-state index in [1.165, 1.54) is 10.9 Å². The molecule has 2 aromatic carbocycles. The van der Waals surface area contributed by atoms with Crippen LogP contribution in [0.15, 0.2) is 54.7 Å². The third kappa shape index (κ3) is 4.15. The lowest BCUT2D eigenvalue weighted by Gasteiger charge is -2.35. The molecule has 1 saturated carbocycles. The number of anilines is 2. The first-order valence-electron chi connectivity index (χ1n) is 11.0. The highest BCUT2D eigenvalue weighted by molar-refractivity contribution is 6.15. The van der Waals surface area contributed by atoms with Crippen LogP contribution in [0.1, 0.15) is 44.8 Å². The van der Waals surface area contributed by atoms with Gasteiger partial charge in [0, 0.05) is 30.8 Å². The Hall–Kier alpha value is -4.06. The molecule has 0 radical (unpaired) electrons. The molecule has 5 rings (SSSR count). The lowest BCUT2D eigenvalue weighted by molar-refractivity contribution is -0.109. The van der Waals surface area contributed by atoms with Crippen molar-refractivity contribution in [2.45, 2.75) is 31.7 Å². The topological polar surface area (TPSA) is 91.0 Å². The predicted octanol–water partition coefficient (Wildman–Crippen LogP) is 4.26. The summed E-state index contributed by atoms with van der Waals surface area (Å²) in [6.07, 6.45) is 1.82. The highest BCUT2D eigenvalue weighted by Gasteiger charge is 2.44. The van der Waals surface area contributed by atoms with E-state index < -0.39 is 11.8 Å². The number of carbonyl (C=O) groups is 2. The van der Waals surface area contributed by atoms with Crippen molar-refractivity contribution in [1.29, 1.82) is 5.26 Å². The van der Waals surface area contributed by atoms with Gasteiger partial charge >= 0.3 is 0 Å². The summed E-state index contributed by atoms with van der Waals surface area (Å²) >= 11 is 0. The Morgan fingerprint density at radius 3 is 2.65 bits per heavy atom. The summed E-state index contributed by atoms with van der Waals surface area (Å²) in [5.74, 6) is -3.37. The van der Waals surface area contributed by atoms with E-state index in [0.717, 1.165) is 5.56 Å². The fourth-order valence-corrected chi connectivity index (χ4v) is 4.56. The lowest BCUT2D eigenvalue weighted by atomic mass is 9.77. The number of nitriles is 1. The van der Waals surface area contributed by atoms with Gasteiger partial charge in [-0.3, -0.25) is 14.3 Å². The van der Waals surface area contributed by atoms with E-state index >= 15 is 0 Å². The molecule has 1 aromatic heterocycles. The molecule has 0 spiro atoms. The van der Waals surface area contributed by atoms with Gasteiger partial charge in [0.1, 0.15) is 5.69 Å². The van der Waals surface area contributed by atoms with Crippen LogP contribution in [0.5, 0.6) is 0 Å². The number of rotatable bonds is 5. The second-order valence-corrected chi connectivity index (χ2v) is 8.73. The van der Waals surface area contributed by atoms with Crippen LogP contribution in [0.25, 0.3) is 0 Å². The van der Waals surface area contributed by atoms with Crippen LogP contribution in [-0.4, -0.2) is 34.1 Å². The monoisotopic (exact) mass is 461 g/mol. The number of carbonyl (C=O) groups excluding carboxylic acids is 2. The number of amides is 2. The van der Waals surface area contributed by atoms with Gasteiger partial charge in [-0.15, -0.1) is 0 Å². The van der Waals surface area contributed by atoms with Gasteiger partial charge in [-0.1, -0.05) is 18.2 Å². The van der Waals surface area contributed by atoms with Crippen LogP contribution in [0.4, 0.5) is 20.2 Å². The van der Waals surface area contributed by atoms with Crippen molar-refractivity contribution >= 4 is 23.2 Å². The molecule has 172 valence electrons. The van der Waals surface area contributed by atoms with Gasteiger partial charge in [-0.2, -0.15) is 10.4 Å². The van der Waals surface area contributed by atoms with Gasteiger partial charge < -0.3 is 10.2 Å². The minimum Gasteiger partial charge on any atom is -0.322 e. The molecule has 9 heteroatoms. The molecule has 7 nitrogen and oxygen atoms in total. The van der Waals surface area contributed by atoms with E-state index in [1.54, 1.807) is 29.2 Å². The van der Waals surface area contributed by atoms with Crippen LogP contribution in [0, 0.1) is 17.2 Å². The van der Waals surface area contributed by atoms with Crippen molar-refractivity contribution < 1.29 is 18.4 Å². The van der Waals surface area contributed by atoms with Crippen LogP contribution < -0.4 is 10.2 Å². The first-order valence-corrected chi connectivity index (χ1v) is 11.0. The van der Waals surface area contributed by atoms with Gasteiger partial charge in [0.25, 0.3) is 11.8 Å². The van der Waals surface area contributed by atoms with Crippen LogP contribution in [0.3, 0.4) is 0 Å². The van der Waals surface area contributed by atoms with Gasteiger partial charge in [0.15, 0.2) is 0 Å². The molecule has 0 bridgehead atoms. The molecular weight excluding hydrogens is 440 g/mol. The minimum absolute atomic E-state index is 0.0123. The average molecular weight is 461 g/mol. The van der Waals surface area contributed by atoms with E-state index in [0.29, 0.717) is 36.4 Å². The second-order valence-electron chi connectivity index (χ2n) is 8.73. The van der Waals surface area contributed by atoms with Crippen molar-refractivity contribution in [2.24, 2.45) is 5.92 Å². The number of hydrogen-bond acceptors (Lipinski definition) is 4. The number of halogens is 2. The summed E-state index contributed by atoms with van der Waals surface area (Å²) < 4.78 is 27.7. The zero-order valence-corrected chi connectivity index (χ0v) is 18.2. The Bertz CT molecular complexity index is 1300. The molecule has 34 heavy (non-hydrogen) atoms. The summed E-state index contributed by atoms with van der Waals surface area (Å²) in [4.78, 5) is 27.8. The number of fused-ring (bicyclic) bond motifs is 1. The molecule has 1 aliphatic heterocycles. The normalized spacial score (nSPS) is 17.0. The van der Waals surface area contributed by atoms with Crippen molar-refractivity contribution in [3.05, 3.63) is 77.1 Å². The highest BCUT2D eigenvalue weighted by Crippen LogP contribution is 2.44. The van der Waals surface area contributed by atoms with Crippen LogP contribution in [-0.2, 0) is 13.0 Å². The zero-order valence-electron chi connectivity index (χ0n) is 18.2. The molecule has 2 aliphatic rings. The summed E-state index contributed by atoms with van der Waals surface area (Å²) in [7, 11) is 0. The van der Waals surface area contributed by atoms with E-state index in [1.807, 2.05) is 30.3 Å². The number of benzene rings is 2. The number of nitrogens with zero attached hydrogens (tertiary/aromatic N) is 4. The molecule has 1 aliphatic carbocycles. The SMILES string of the molecule is N#Cc1cccc(NC(=O)c2cnn3c2C(=O)N(c2ccc(CC4CC(F)(F)C4)cc2)CC3)c1. The maximum atomic E-state index is 13.3. The van der Waals surface area contributed by atoms with Gasteiger partial charge in [-0.05, 0) is 48.2 Å². The van der Waals surface area contributed by atoms with Crippen LogP contribution >= 0.6 is 0 Å². The minimum atomic E-state index is -2.53. The highest BCUT2D eigenvalue weighted by atomic mass is 19.3. The number of alkyl halides is 2. The van der Waals surface area contributed by atoms with E-state index in [2.05, 4.69) is 10.4 Å². The van der Waals surface area contributed by atoms with Crippen molar-refractivity contribution in [3.8, 4) is 6.07 Å². The van der Waals surface area contributed by atoms with Gasteiger partial charge in [0.05, 0.1) is 29.9 Å². The van der Waals surface area contributed by atoms with Gasteiger partial charge in [-0.25, -0.2) is 8.78 Å². The van der Waals surface area contributed by atoms with E-state index in [4.69, 9.17) is 5.26 Å². The van der Waals surface area contributed by atoms with Crippen molar-refractivity contribution in [3.63, 3.8) is 0 Å². The molecule has 2 heterocycles. The first-order chi connectivity index (χ1) is 16.3. The number of hydrogen-bond donors (Lipinski definition) is 1. The number of nitrogens with one attached hydrogen (secondary N) is 1. The maximum absolute atomic E-state index is 13.3. The smallest absolute Gasteiger partial charge is 0.277 e. The molecule has 1 N–H and O–H groups in total. The third-order valence-corrected chi connectivity index (χ3v) is 6.26. The molecule has 3 aromatic rings. The summed E-state index contributed by atoms with van der Waals surface area (Å²) in [6, 6.07) is 15.9. The second kappa shape index (κ2) is 8.37. The Morgan fingerprint density at radius 1 is 1.18 bits per heavy atom. The third-order valence-electron chi connectivity index (χ3n) is 6.26. The Balaban J connectivity index is 1.31. The van der Waals surface area contributed by atoms with E-state index in [9.17, 15) is 18.4 Å². The quantitative estimate of drug-likeness (QED) is 0.615. The number of aromatic nitrogens is 2. The average Bonchev–Trinajstić information content (AvgIpc) is 3.24. The molecule has 0 atom stereocenters. The first kappa shape index (κ1) is 21.8. The fraction of sp³-hybridized carbons (Fsp3) is 0.280. The molecule has 0 unspecified atom stereocenters. The molecule has 1 fully saturated rings. The summed E-state index contributed by atoms with van der Waals surface area (Å²) in [6.45, 7) is 0.824. The lowest BCUT2D eigenvalue weighted by Crippen LogP contribution is -2.41. The zero-order chi connectivity index (χ0) is 23.9. The Morgan fingerprint density at radius 2 is 1.94 bits per heavy atom. The predicted molar refractivity (Wildman–Crippen MR) is 121 cm³/mol. The van der Waals surface area contributed by atoms with E-state index in [-0.39, 0.29) is 35.9 Å². The standard InChI is InChI=1S/C25H21F2N5O2/c26-25(27)12-18(13-25)10-16-4-6-20(7-5-16)31-8-9-32-22(24(31)34)21(15-29-32)23(33)30-19-3-1-2-17(11-19)14-28/h1-7,11,15,18H,8-10,12-13H2,(H,30,33).